The molecule has 3 N–H and O–H groups in total. The molecule has 0 saturated carbocycles. The van der Waals surface area contributed by atoms with E-state index in [1.54, 1.807) is 36.4 Å². The van der Waals surface area contributed by atoms with Crippen LogP contribution in [0.1, 0.15) is 19.3 Å². The van der Waals surface area contributed by atoms with Crippen LogP contribution in [0.5, 0.6) is 0 Å². The minimum Gasteiger partial charge on any atom is -0.326 e. The number of rotatable bonds is 6. The maximum absolute atomic E-state index is 12.6. The van der Waals surface area contributed by atoms with Crippen molar-refractivity contribution < 1.29 is 13.2 Å². The van der Waals surface area contributed by atoms with Gasteiger partial charge in [0.1, 0.15) is 0 Å². The molecule has 1 aliphatic rings. The fraction of sp³-hybridized carbons (Fsp3) is 0.278. The van der Waals surface area contributed by atoms with Gasteiger partial charge in [-0.15, -0.1) is 12.4 Å². The summed E-state index contributed by atoms with van der Waals surface area (Å²) >= 11 is 6.01. The average molecular weight is 430 g/mol. The van der Waals surface area contributed by atoms with E-state index in [0.29, 0.717) is 22.8 Å². The highest BCUT2D eigenvalue weighted by molar-refractivity contribution is 7.92. The standard InChI is InChI=1S/C18H20ClN3O3S.ClH/c19-16-8-1-2-9-17(16)22-26(24,25)15-7-3-5-14(11-15)21-18(23)12-13-6-4-10-20-13;/h1-3,5,7-9,11,13,20,22H,4,6,10,12H2,(H,21,23);1H. The Balaban J connectivity index is 0.00000261. The number of benzene rings is 2. The summed E-state index contributed by atoms with van der Waals surface area (Å²) in [5.74, 6) is -0.141. The van der Waals surface area contributed by atoms with Gasteiger partial charge in [-0.05, 0) is 49.7 Å². The van der Waals surface area contributed by atoms with Crippen molar-refractivity contribution in [3.8, 4) is 0 Å². The van der Waals surface area contributed by atoms with E-state index in [1.165, 1.54) is 12.1 Å². The Hall–Kier alpha value is -1.80. The van der Waals surface area contributed by atoms with E-state index < -0.39 is 10.0 Å². The molecular formula is C18H21Cl2N3O3S. The van der Waals surface area contributed by atoms with Crippen LogP contribution in [-0.4, -0.2) is 26.9 Å². The van der Waals surface area contributed by atoms with Gasteiger partial charge < -0.3 is 10.6 Å². The van der Waals surface area contributed by atoms with Crippen LogP contribution in [0, 0.1) is 0 Å². The van der Waals surface area contributed by atoms with Crippen LogP contribution < -0.4 is 15.4 Å². The van der Waals surface area contributed by atoms with Crippen LogP contribution in [0.4, 0.5) is 11.4 Å². The van der Waals surface area contributed by atoms with Gasteiger partial charge in [0.15, 0.2) is 0 Å². The van der Waals surface area contributed by atoms with Crippen molar-refractivity contribution in [2.75, 3.05) is 16.6 Å². The number of amides is 1. The molecule has 1 amide bonds. The van der Waals surface area contributed by atoms with E-state index in [9.17, 15) is 13.2 Å². The normalized spacial score (nSPS) is 16.4. The highest BCUT2D eigenvalue weighted by atomic mass is 35.5. The summed E-state index contributed by atoms with van der Waals surface area (Å²) < 4.78 is 27.6. The first-order valence-electron chi connectivity index (χ1n) is 8.35. The Kier molecular flexibility index (Phi) is 7.49. The third-order valence-electron chi connectivity index (χ3n) is 4.14. The smallest absolute Gasteiger partial charge is 0.262 e. The lowest BCUT2D eigenvalue weighted by Gasteiger charge is -2.12. The van der Waals surface area contributed by atoms with Crippen molar-refractivity contribution in [2.24, 2.45) is 0 Å². The zero-order valence-electron chi connectivity index (χ0n) is 14.4. The van der Waals surface area contributed by atoms with E-state index in [1.807, 2.05) is 0 Å². The third-order valence-corrected chi connectivity index (χ3v) is 5.83. The van der Waals surface area contributed by atoms with Crippen LogP contribution >= 0.6 is 24.0 Å². The Labute approximate surface area is 170 Å². The van der Waals surface area contributed by atoms with Crippen molar-refractivity contribution in [1.29, 1.82) is 0 Å². The van der Waals surface area contributed by atoms with Gasteiger partial charge in [0, 0.05) is 18.2 Å². The average Bonchev–Trinajstić information content (AvgIpc) is 3.10. The van der Waals surface area contributed by atoms with E-state index in [4.69, 9.17) is 11.6 Å². The fourth-order valence-electron chi connectivity index (χ4n) is 2.86. The molecule has 27 heavy (non-hydrogen) atoms. The summed E-state index contributed by atoms with van der Waals surface area (Å²) in [6, 6.07) is 12.9. The molecular weight excluding hydrogens is 409 g/mol. The van der Waals surface area contributed by atoms with Gasteiger partial charge in [-0.1, -0.05) is 29.8 Å². The Morgan fingerprint density at radius 3 is 2.67 bits per heavy atom. The number of carbonyl (C=O) groups is 1. The van der Waals surface area contributed by atoms with Crippen LogP contribution in [0.2, 0.25) is 5.02 Å². The monoisotopic (exact) mass is 429 g/mol. The van der Waals surface area contributed by atoms with Crippen molar-refractivity contribution in [1.82, 2.24) is 5.32 Å². The van der Waals surface area contributed by atoms with E-state index in [2.05, 4.69) is 15.4 Å². The number of hydrogen-bond acceptors (Lipinski definition) is 4. The molecule has 1 atom stereocenters. The quantitative estimate of drug-likeness (QED) is 0.653. The topological polar surface area (TPSA) is 87.3 Å². The van der Waals surface area contributed by atoms with Gasteiger partial charge in [-0.3, -0.25) is 9.52 Å². The number of sulfonamides is 1. The minimum atomic E-state index is -3.81. The fourth-order valence-corrected chi connectivity index (χ4v) is 4.22. The van der Waals surface area contributed by atoms with Crippen molar-refractivity contribution in [3.05, 3.63) is 53.6 Å². The predicted molar refractivity (Wildman–Crippen MR) is 110 cm³/mol. The van der Waals surface area contributed by atoms with E-state index in [0.717, 1.165) is 19.4 Å². The lowest BCUT2D eigenvalue weighted by atomic mass is 10.1. The van der Waals surface area contributed by atoms with Crippen LogP contribution in [-0.2, 0) is 14.8 Å². The predicted octanol–water partition coefficient (Wildman–Crippen LogP) is 3.64. The number of anilines is 2. The number of carbonyl (C=O) groups excluding carboxylic acids is 1. The first-order valence-corrected chi connectivity index (χ1v) is 10.2. The summed E-state index contributed by atoms with van der Waals surface area (Å²) in [7, 11) is -3.81. The third kappa shape index (κ3) is 5.84. The maximum atomic E-state index is 12.6. The molecule has 1 aliphatic heterocycles. The molecule has 1 fully saturated rings. The van der Waals surface area contributed by atoms with Crippen LogP contribution in [0.15, 0.2) is 53.4 Å². The lowest BCUT2D eigenvalue weighted by molar-refractivity contribution is -0.116. The van der Waals surface area contributed by atoms with Crippen LogP contribution in [0.25, 0.3) is 0 Å². The maximum Gasteiger partial charge on any atom is 0.262 e. The molecule has 0 bridgehead atoms. The summed E-state index contributed by atoms with van der Waals surface area (Å²) in [6.07, 6.45) is 2.41. The molecule has 6 nitrogen and oxygen atoms in total. The molecule has 2 aromatic carbocycles. The Bertz CT molecular complexity index is 900. The SMILES string of the molecule is Cl.O=C(CC1CCCN1)Nc1cccc(S(=O)(=O)Nc2ccccc2Cl)c1. The number of halogens is 2. The Morgan fingerprint density at radius 1 is 1.19 bits per heavy atom. The molecule has 0 radical (unpaired) electrons. The number of para-hydroxylation sites is 1. The van der Waals surface area contributed by atoms with E-state index in [-0.39, 0.29) is 29.3 Å². The first-order chi connectivity index (χ1) is 12.4. The minimum absolute atomic E-state index is 0. The molecule has 0 spiro atoms. The molecule has 1 unspecified atom stereocenters. The van der Waals surface area contributed by atoms with Crippen molar-refractivity contribution >= 4 is 51.3 Å². The van der Waals surface area contributed by atoms with Crippen LogP contribution in [0.3, 0.4) is 0 Å². The van der Waals surface area contributed by atoms with Gasteiger partial charge in [0.2, 0.25) is 5.91 Å². The zero-order chi connectivity index (χ0) is 18.6. The van der Waals surface area contributed by atoms with Gasteiger partial charge in [-0.25, -0.2) is 8.42 Å². The number of nitrogens with one attached hydrogen (secondary N) is 3. The molecule has 2 aromatic rings. The second-order valence-electron chi connectivity index (χ2n) is 6.16. The summed E-state index contributed by atoms with van der Waals surface area (Å²) in [4.78, 5) is 12.2. The molecule has 1 saturated heterocycles. The van der Waals surface area contributed by atoms with Gasteiger partial charge in [0.25, 0.3) is 10.0 Å². The van der Waals surface area contributed by atoms with Crippen molar-refractivity contribution in [3.63, 3.8) is 0 Å². The Morgan fingerprint density at radius 2 is 1.96 bits per heavy atom. The van der Waals surface area contributed by atoms with Gasteiger partial charge in [-0.2, -0.15) is 0 Å². The number of hydrogen-bond donors (Lipinski definition) is 3. The molecule has 0 aromatic heterocycles. The largest absolute Gasteiger partial charge is 0.326 e. The molecule has 1 heterocycles. The zero-order valence-corrected chi connectivity index (χ0v) is 16.8. The molecule has 3 rings (SSSR count). The first kappa shape index (κ1) is 21.5. The second-order valence-corrected chi connectivity index (χ2v) is 8.25. The van der Waals surface area contributed by atoms with Gasteiger partial charge in [0.05, 0.1) is 15.6 Å². The lowest BCUT2D eigenvalue weighted by Crippen LogP contribution is -2.27. The van der Waals surface area contributed by atoms with Gasteiger partial charge >= 0.3 is 0 Å². The van der Waals surface area contributed by atoms with E-state index >= 15 is 0 Å². The summed E-state index contributed by atoms with van der Waals surface area (Å²) in [5, 5.41) is 6.33. The summed E-state index contributed by atoms with van der Waals surface area (Å²) in [6.45, 7) is 0.930. The summed E-state index contributed by atoms with van der Waals surface area (Å²) in [5.41, 5.74) is 0.742. The molecule has 9 heteroatoms. The molecule has 146 valence electrons. The highest BCUT2D eigenvalue weighted by Crippen LogP contribution is 2.25. The highest BCUT2D eigenvalue weighted by Gasteiger charge is 2.19. The second kappa shape index (κ2) is 9.41. The van der Waals surface area contributed by atoms with Crippen molar-refractivity contribution in [2.45, 2.75) is 30.2 Å². The molecule has 0 aliphatic carbocycles.